The molecule has 0 saturated heterocycles. The molecule has 0 fully saturated rings. The minimum Gasteiger partial charge on any atom is -0.459 e. The molecule has 0 aliphatic heterocycles. The van der Waals surface area contributed by atoms with Gasteiger partial charge in [-0.25, -0.2) is 4.98 Å². The molecule has 0 atom stereocenters. The van der Waals surface area contributed by atoms with Crippen molar-refractivity contribution < 1.29 is 9.21 Å². The second-order valence-electron chi connectivity index (χ2n) is 6.09. The summed E-state index contributed by atoms with van der Waals surface area (Å²) >= 11 is 0. The molecule has 24 heavy (non-hydrogen) atoms. The lowest BCUT2D eigenvalue weighted by Crippen LogP contribution is -2.21. The summed E-state index contributed by atoms with van der Waals surface area (Å²) in [6.45, 7) is 4.85. The fourth-order valence-corrected chi connectivity index (χ4v) is 2.39. The Hall–Kier alpha value is -2.89. The van der Waals surface area contributed by atoms with Crippen molar-refractivity contribution in [1.82, 2.24) is 9.55 Å². The molecule has 2 aromatic heterocycles. The third-order valence-electron chi connectivity index (χ3n) is 3.77. The molecule has 0 radical (unpaired) electrons. The first-order valence-corrected chi connectivity index (χ1v) is 7.88. The summed E-state index contributed by atoms with van der Waals surface area (Å²) in [6.07, 6.45) is 3.92. The molecular formula is C18H19N3O3. The number of aromatic nitrogens is 2. The molecule has 0 saturated carbocycles. The van der Waals surface area contributed by atoms with Gasteiger partial charge in [0.2, 0.25) is 0 Å². The van der Waals surface area contributed by atoms with Crippen LogP contribution in [-0.4, -0.2) is 15.5 Å². The van der Waals surface area contributed by atoms with E-state index in [-0.39, 0.29) is 17.2 Å². The average Bonchev–Trinajstić information content (AvgIpc) is 3.09. The summed E-state index contributed by atoms with van der Waals surface area (Å²) in [7, 11) is 0. The van der Waals surface area contributed by atoms with Crippen LogP contribution in [0, 0.1) is 5.92 Å². The summed E-state index contributed by atoms with van der Waals surface area (Å²) < 4.78 is 6.67. The van der Waals surface area contributed by atoms with E-state index in [1.54, 1.807) is 41.2 Å². The van der Waals surface area contributed by atoms with Gasteiger partial charge in [-0.05, 0) is 42.7 Å². The van der Waals surface area contributed by atoms with Gasteiger partial charge in [0, 0.05) is 12.2 Å². The fraction of sp³-hybridized carbons (Fsp3) is 0.278. The normalized spacial score (nSPS) is 11.1. The number of hydrogen-bond acceptors (Lipinski definition) is 4. The molecule has 0 spiro atoms. The zero-order valence-corrected chi connectivity index (χ0v) is 13.7. The number of carbonyl (C=O) groups excluding carboxylic acids is 1. The largest absolute Gasteiger partial charge is 0.459 e. The van der Waals surface area contributed by atoms with Crippen molar-refractivity contribution in [3.63, 3.8) is 0 Å². The Morgan fingerprint density at radius 2 is 2.17 bits per heavy atom. The molecule has 1 aromatic carbocycles. The van der Waals surface area contributed by atoms with Crippen LogP contribution in [-0.2, 0) is 6.54 Å². The van der Waals surface area contributed by atoms with Crippen molar-refractivity contribution in [3.05, 3.63) is 59.0 Å². The number of fused-ring (bicyclic) bond motifs is 1. The number of carbonyl (C=O) groups is 1. The maximum absolute atomic E-state index is 12.6. The number of furan rings is 1. The number of anilines is 1. The van der Waals surface area contributed by atoms with Gasteiger partial charge >= 0.3 is 0 Å². The average molecular weight is 325 g/mol. The van der Waals surface area contributed by atoms with E-state index < -0.39 is 0 Å². The van der Waals surface area contributed by atoms with Gasteiger partial charge in [-0.3, -0.25) is 14.2 Å². The Morgan fingerprint density at radius 3 is 2.88 bits per heavy atom. The minimum absolute atomic E-state index is 0.102. The number of hydrogen-bond donors (Lipinski definition) is 1. The van der Waals surface area contributed by atoms with Crippen LogP contribution >= 0.6 is 0 Å². The number of nitrogens with zero attached hydrogens (tertiary/aromatic N) is 2. The predicted octanol–water partition coefficient (Wildman–Crippen LogP) is 3.29. The van der Waals surface area contributed by atoms with Crippen molar-refractivity contribution >= 4 is 22.5 Å². The highest BCUT2D eigenvalue weighted by Crippen LogP contribution is 2.16. The van der Waals surface area contributed by atoms with E-state index in [4.69, 9.17) is 4.42 Å². The van der Waals surface area contributed by atoms with E-state index in [1.807, 2.05) is 0 Å². The van der Waals surface area contributed by atoms with E-state index in [0.717, 1.165) is 6.42 Å². The second kappa shape index (κ2) is 6.70. The molecule has 3 aromatic rings. The van der Waals surface area contributed by atoms with Crippen LogP contribution in [0.15, 0.2) is 52.1 Å². The van der Waals surface area contributed by atoms with Crippen LogP contribution < -0.4 is 10.9 Å². The minimum atomic E-state index is -0.358. The Labute approximate surface area is 139 Å². The van der Waals surface area contributed by atoms with Crippen LogP contribution in [0.1, 0.15) is 30.8 Å². The molecular weight excluding hydrogens is 306 g/mol. The summed E-state index contributed by atoms with van der Waals surface area (Å²) in [6, 6.07) is 8.32. The summed E-state index contributed by atoms with van der Waals surface area (Å²) in [4.78, 5) is 29.0. The Morgan fingerprint density at radius 1 is 1.33 bits per heavy atom. The Bertz CT molecular complexity index is 911. The molecule has 3 rings (SSSR count). The molecule has 6 heteroatoms. The predicted molar refractivity (Wildman–Crippen MR) is 92.1 cm³/mol. The highest BCUT2D eigenvalue weighted by atomic mass is 16.3. The standard InChI is InChI=1S/C18H19N3O3/c1-12(2)7-8-21-11-19-15-6-5-13(10-14(15)18(21)23)20-17(22)16-4-3-9-24-16/h3-6,9-12H,7-8H2,1-2H3,(H,20,22). The summed E-state index contributed by atoms with van der Waals surface area (Å²) in [5, 5.41) is 3.21. The third-order valence-corrected chi connectivity index (χ3v) is 3.77. The van der Waals surface area contributed by atoms with Crippen LogP contribution in [0.5, 0.6) is 0 Å². The molecule has 2 heterocycles. The summed E-state index contributed by atoms with van der Waals surface area (Å²) in [5.41, 5.74) is 1.04. The van der Waals surface area contributed by atoms with Crippen molar-refractivity contribution in [1.29, 1.82) is 0 Å². The SMILES string of the molecule is CC(C)CCn1cnc2ccc(NC(=O)c3ccco3)cc2c1=O. The van der Waals surface area contributed by atoms with Gasteiger partial charge in [0.25, 0.3) is 11.5 Å². The zero-order chi connectivity index (χ0) is 17.1. The molecule has 0 aliphatic rings. The highest BCUT2D eigenvalue weighted by Gasteiger charge is 2.11. The Kier molecular flexibility index (Phi) is 4.46. The highest BCUT2D eigenvalue weighted by molar-refractivity contribution is 6.03. The molecule has 0 unspecified atom stereocenters. The van der Waals surface area contributed by atoms with Crippen LogP contribution in [0.4, 0.5) is 5.69 Å². The number of amides is 1. The van der Waals surface area contributed by atoms with Crippen LogP contribution in [0.25, 0.3) is 10.9 Å². The lowest BCUT2D eigenvalue weighted by atomic mass is 10.1. The first-order chi connectivity index (χ1) is 11.5. The fourth-order valence-electron chi connectivity index (χ4n) is 2.39. The molecule has 0 aliphatic carbocycles. The molecule has 0 bridgehead atoms. The van der Waals surface area contributed by atoms with Gasteiger partial charge < -0.3 is 9.73 Å². The van der Waals surface area contributed by atoms with Gasteiger partial charge in [0.05, 0.1) is 23.5 Å². The molecule has 124 valence electrons. The third kappa shape index (κ3) is 3.37. The van der Waals surface area contributed by atoms with Gasteiger partial charge in [-0.15, -0.1) is 0 Å². The molecule has 6 nitrogen and oxygen atoms in total. The topological polar surface area (TPSA) is 77.1 Å². The number of benzene rings is 1. The smallest absolute Gasteiger partial charge is 0.291 e. The molecule has 1 N–H and O–H groups in total. The second-order valence-corrected chi connectivity index (χ2v) is 6.09. The first-order valence-electron chi connectivity index (χ1n) is 7.88. The van der Waals surface area contributed by atoms with Crippen molar-refractivity contribution in [2.45, 2.75) is 26.8 Å². The van der Waals surface area contributed by atoms with Gasteiger partial charge in [0.1, 0.15) is 0 Å². The van der Waals surface area contributed by atoms with Crippen molar-refractivity contribution in [2.75, 3.05) is 5.32 Å². The van der Waals surface area contributed by atoms with E-state index in [2.05, 4.69) is 24.1 Å². The number of rotatable bonds is 5. The number of nitrogens with one attached hydrogen (secondary N) is 1. The lowest BCUT2D eigenvalue weighted by molar-refractivity contribution is 0.0996. The maximum Gasteiger partial charge on any atom is 0.291 e. The number of aryl methyl sites for hydroxylation is 1. The van der Waals surface area contributed by atoms with Gasteiger partial charge in [-0.1, -0.05) is 13.8 Å². The van der Waals surface area contributed by atoms with Crippen LogP contribution in [0.2, 0.25) is 0 Å². The van der Waals surface area contributed by atoms with E-state index in [0.29, 0.717) is 29.1 Å². The van der Waals surface area contributed by atoms with E-state index in [9.17, 15) is 9.59 Å². The molecule has 1 amide bonds. The van der Waals surface area contributed by atoms with E-state index in [1.165, 1.54) is 6.26 Å². The van der Waals surface area contributed by atoms with Crippen LogP contribution in [0.3, 0.4) is 0 Å². The first kappa shape index (κ1) is 16.0. The van der Waals surface area contributed by atoms with Gasteiger partial charge in [0.15, 0.2) is 5.76 Å². The quantitative estimate of drug-likeness (QED) is 0.781. The zero-order valence-electron chi connectivity index (χ0n) is 13.7. The monoisotopic (exact) mass is 325 g/mol. The van der Waals surface area contributed by atoms with Gasteiger partial charge in [-0.2, -0.15) is 0 Å². The maximum atomic E-state index is 12.6. The van der Waals surface area contributed by atoms with E-state index >= 15 is 0 Å². The van der Waals surface area contributed by atoms with Crippen molar-refractivity contribution in [2.24, 2.45) is 5.92 Å². The van der Waals surface area contributed by atoms with Crippen molar-refractivity contribution in [3.8, 4) is 0 Å². The Balaban J connectivity index is 1.90. The lowest BCUT2D eigenvalue weighted by Gasteiger charge is -2.09. The summed E-state index contributed by atoms with van der Waals surface area (Å²) in [5.74, 6) is 0.366.